The molecule has 6 nitrogen and oxygen atoms in total. The molecule has 0 aliphatic carbocycles. The van der Waals surface area contributed by atoms with E-state index in [-0.39, 0.29) is 18.1 Å². The third-order valence-electron chi connectivity index (χ3n) is 6.37. The van der Waals surface area contributed by atoms with Crippen molar-refractivity contribution in [3.8, 4) is 22.9 Å². The van der Waals surface area contributed by atoms with Gasteiger partial charge in [0.25, 0.3) is 0 Å². The van der Waals surface area contributed by atoms with E-state index in [0.29, 0.717) is 36.9 Å². The lowest BCUT2D eigenvalue weighted by molar-refractivity contribution is -0.274. The van der Waals surface area contributed by atoms with Crippen molar-refractivity contribution in [3.63, 3.8) is 0 Å². The second-order valence-corrected chi connectivity index (χ2v) is 9.28. The number of ether oxygens (including phenoxy) is 3. The van der Waals surface area contributed by atoms with E-state index in [0.717, 1.165) is 27.7 Å². The second kappa shape index (κ2) is 12.2. The zero-order valence-electron chi connectivity index (χ0n) is 22.2. The largest absolute Gasteiger partial charge is 0.573 e. The van der Waals surface area contributed by atoms with Crippen molar-refractivity contribution >= 4 is 17.0 Å². The van der Waals surface area contributed by atoms with E-state index in [9.17, 15) is 18.0 Å². The number of para-hydroxylation sites is 3. The number of carbonyl (C=O) groups is 1. The third-order valence-corrected chi connectivity index (χ3v) is 6.37. The molecule has 0 saturated carbocycles. The molecule has 0 fully saturated rings. The van der Waals surface area contributed by atoms with Gasteiger partial charge in [-0.05, 0) is 60.5 Å². The summed E-state index contributed by atoms with van der Waals surface area (Å²) in [7, 11) is 0. The number of aromatic nitrogens is 2. The molecule has 5 aromatic rings. The van der Waals surface area contributed by atoms with E-state index in [4.69, 9.17) is 14.5 Å². The summed E-state index contributed by atoms with van der Waals surface area (Å²) in [4.78, 5) is 16.5. The highest BCUT2D eigenvalue weighted by molar-refractivity contribution is 5.81. The Labute approximate surface area is 234 Å². The van der Waals surface area contributed by atoms with Crippen LogP contribution < -0.4 is 9.47 Å². The fraction of sp³-hybridized carbons (Fsp3) is 0.188. The Kier molecular flexibility index (Phi) is 8.24. The first kappa shape index (κ1) is 27.8. The number of imidazole rings is 1. The lowest BCUT2D eigenvalue weighted by Crippen LogP contribution is -2.17. The third kappa shape index (κ3) is 7.05. The Bertz CT molecular complexity index is 1630. The first-order chi connectivity index (χ1) is 19.8. The predicted octanol–water partition coefficient (Wildman–Crippen LogP) is 7.33. The van der Waals surface area contributed by atoms with Crippen LogP contribution in [0, 0.1) is 0 Å². The topological polar surface area (TPSA) is 62.6 Å². The molecule has 4 aromatic carbocycles. The highest BCUT2D eigenvalue weighted by Crippen LogP contribution is 2.31. The van der Waals surface area contributed by atoms with Gasteiger partial charge in [-0.15, -0.1) is 13.2 Å². The fourth-order valence-electron chi connectivity index (χ4n) is 4.50. The fourth-order valence-corrected chi connectivity index (χ4v) is 4.50. The van der Waals surface area contributed by atoms with Crippen molar-refractivity contribution < 1.29 is 32.2 Å². The number of esters is 1. The molecular formula is C32H27F3N2O4. The van der Waals surface area contributed by atoms with Crippen LogP contribution in [-0.4, -0.2) is 28.5 Å². The Morgan fingerprint density at radius 3 is 2.27 bits per heavy atom. The Morgan fingerprint density at radius 2 is 1.54 bits per heavy atom. The number of hydrogen-bond donors (Lipinski definition) is 0. The summed E-state index contributed by atoms with van der Waals surface area (Å²) in [5.74, 6) is 0.747. The number of carbonyl (C=O) groups excluding carboxylic acids is 1. The van der Waals surface area contributed by atoms with Gasteiger partial charge in [0.2, 0.25) is 0 Å². The maximum absolute atomic E-state index is 12.6. The van der Waals surface area contributed by atoms with Crippen molar-refractivity contribution in [3.05, 3.63) is 114 Å². The van der Waals surface area contributed by atoms with E-state index < -0.39 is 6.36 Å². The summed E-state index contributed by atoms with van der Waals surface area (Å²) in [6, 6.07) is 28.6. The van der Waals surface area contributed by atoms with E-state index >= 15 is 0 Å². The molecule has 5 rings (SSSR count). The molecule has 0 atom stereocenters. The summed E-state index contributed by atoms with van der Waals surface area (Å²) < 4.78 is 55.2. The van der Waals surface area contributed by atoms with Gasteiger partial charge in [0.05, 0.1) is 30.6 Å². The molecular weight excluding hydrogens is 533 g/mol. The number of fused-ring (bicyclic) bond motifs is 1. The highest BCUT2D eigenvalue weighted by atomic mass is 19.4. The van der Waals surface area contributed by atoms with Gasteiger partial charge in [0.15, 0.2) is 0 Å². The smallest absolute Gasteiger partial charge is 0.489 e. The first-order valence-electron chi connectivity index (χ1n) is 13.0. The molecule has 0 bridgehead atoms. The number of nitrogens with zero attached hydrogens (tertiary/aromatic N) is 2. The van der Waals surface area contributed by atoms with Crippen LogP contribution in [0.5, 0.6) is 11.5 Å². The van der Waals surface area contributed by atoms with Gasteiger partial charge in [-0.1, -0.05) is 54.6 Å². The lowest BCUT2D eigenvalue weighted by atomic mass is 10.1. The Hall–Kier alpha value is -4.79. The summed E-state index contributed by atoms with van der Waals surface area (Å²) in [6.07, 6.45) is -4.54. The molecule has 0 amide bonds. The van der Waals surface area contributed by atoms with Crippen molar-refractivity contribution in [2.75, 3.05) is 6.61 Å². The van der Waals surface area contributed by atoms with Crippen molar-refractivity contribution in [1.82, 2.24) is 9.55 Å². The van der Waals surface area contributed by atoms with Gasteiger partial charge in [-0.3, -0.25) is 4.79 Å². The monoisotopic (exact) mass is 560 g/mol. The average Bonchev–Trinajstić information content (AvgIpc) is 3.31. The Balaban J connectivity index is 1.37. The molecule has 0 radical (unpaired) electrons. The molecule has 9 heteroatoms. The molecule has 0 aliphatic rings. The second-order valence-electron chi connectivity index (χ2n) is 9.28. The minimum absolute atomic E-state index is 0.219. The summed E-state index contributed by atoms with van der Waals surface area (Å²) >= 11 is 0. The van der Waals surface area contributed by atoms with Crippen LogP contribution >= 0.6 is 0 Å². The van der Waals surface area contributed by atoms with E-state index in [2.05, 4.69) is 4.74 Å². The van der Waals surface area contributed by atoms with Gasteiger partial charge >= 0.3 is 12.3 Å². The zero-order chi connectivity index (χ0) is 28.8. The molecule has 1 aromatic heterocycles. The van der Waals surface area contributed by atoms with Crippen LogP contribution in [0.1, 0.15) is 23.6 Å². The molecule has 1 heterocycles. The average molecular weight is 561 g/mol. The van der Waals surface area contributed by atoms with E-state index in [1.807, 2.05) is 77.4 Å². The minimum Gasteiger partial charge on any atom is -0.489 e. The van der Waals surface area contributed by atoms with E-state index in [1.54, 1.807) is 19.1 Å². The van der Waals surface area contributed by atoms with Crippen LogP contribution in [0.4, 0.5) is 13.2 Å². The number of hydrogen-bond acceptors (Lipinski definition) is 5. The summed E-state index contributed by atoms with van der Waals surface area (Å²) in [5, 5.41) is 0. The number of rotatable bonds is 10. The van der Waals surface area contributed by atoms with Crippen LogP contribution in [-0.2, 0) is 29.1 Å². The normalized spacial score (nSPS) is 11.4. The van der Waals surface area contributed by atoms with Gasteiger partial charge in [-0.25, -0.2) is 4.98 Å². The Morgan fingerprint density at radius 1 is 0.854 bits per heavy atom. The van der Waals surface area contributed by atoms with Crippen LogP contribution in [0.25, 0.3) is 22.4 Å². The quantitative estimate of drug-likeness (QED) is 0.167. The van der Waals surface area contributed by atoms with Crippen LogP contribution in [0.15, 0.2) is 97.1 Å². The van der Waals surface area contributed by atoms with Crippen molar-refractivity contribution in [2.45, 2.75) is 32.9 Å². The molecule has 0 saturated heterocycles. The standard InChI is InChI=1S/C32H27F3N2O4/c1-2-39-30(38)19-22-11-13-23(14-12-22)21-40-29-10-6-3-7-25(29)20-37-28-9-5-4-8-27(28)36-31(37)24-15-17-26(18-16-24)41-32(33,34)35/h3-18H,2,19-21H2,1H3. The minimum atomic E-state index is -4.76. The maximum atomic E-state index is 12.6. The molecule has 0 spiro atoms. The molecule has 0 aliphatic heterocycles. The van der Waals surface area contributed by atoms with Gasteiger partial charge in [-0.2, -0.15) is 0 Å². The number of benzene rings is 4. The number of alkyl halides is 3. The number of halogens is 3. The summed E-state index contributed by atoms with van der Waals surface area (Å²) in [6.45, 7) is 2.88. The van der Waals surface area contributed by atoms with Crippen molar-refractivity contribution in [1.29, 1.82) is 0 Å². The van der Waals surface area contributed by atoms with Crippen LogP contribution in [0.2, 0.25) is 0 Å². The zero-order valence-corrected chi connectivity index (χ0v) is 22.2. The van der Waals surface area contributed by atoms with Gasteiger partial charge in [0.1, 0.15) is 23.9 Å². The molecule has 41 heavy (non-hydrogen) atoms. The highest BCUT2D eigenvalue weighted by Gasteiger charge is 2.31. The van der Waals surface area contributed by atoms with Gasteiger partial charge in [0, 0.05) is 11.1 Å². The summed E-state index contributed by atoms with van der Waals surface area (Å²) in [5.41, 5.74) is 5.02. The first-order valence-corrected chi connectivity index (χ1v) is 13.0. The SMILES string of the molecule is CCOC(=O)Cc1ccc(COc2ccccc2Cn2c(-c3ccc(OC(F)(F)F)cc3)nc3ccccc32)cc1. The molecule has 210 valence electrons. The molecule has 0 unspecified atom stereocenters. The predicted molar refractivity (Wildman–Crippen MR) is 149 cm³/mol. The maximum Gasteiger partial charge on any atom is 0.573 e. The van der Waals surface area contributed by atoms with E-state index in [1.165, 1.54) is 12.1 Å². The van der Waals surface area contributed by atoms with Gasteiger partial charge < -0.3 is 18.8 Å². The van der Waals surface area contributed by atoms with Crippen LogP contribution in [0.3, 0.4) is 0 Å². The lowest BCUT2D eigenvalue weighted by Gasteiger charge is -2.15. The molecule has 0 N–H and O–H groups in total. The van der Waals surface area contributed by atoms with Crippen molar-refractivity contribution in [2.24, 2.45) is 0 Å².